The minimum Gasteiger partial charge on any atom is -0.481 e. The van der Waals surface area contributed by atoms with Gasteiger partial charge in [0.15, 0.2) is 5.78 Å². The van der Waals surface area contributed by atoms with Crippen molar-refractivity contribution in [2.45, 2.75) is 58.1 Å². The molecule has 0 saturated heterocycles. The third-order valence-electron chi connectivity index (χ3n) is 5.16. The van der Waals surface area contributed by atoms with E-state index in [4.69, 9.17) is 9.94 Å². The summed E-state index contributed by atoms with van der Waals surface area (Å²) in [5.41, 5.74) is 1.13. The Morgan fingerprint density at radius 1 is 1.24 bits per heavy atom. The summed E-state index contributed by atoms with van der Waals surface area (Å²) in [6.45, 7) is 6.29. The number of carboxylic acid groups (broad SMARTS) is 1. The van der Waals surface area contributed by atoms with Gasteiger partial charge in [0.05, 0.1) is 12.1 Å². The van der Waals surface area contributed by atoms with Crippen LogP contribution in [0, 0.1) is 5.92 Å². The average molecular weight is 406 g/mol. The largest absolute Gasteiger partial charge is 0.481 e. The predicted molar refractivity (Wildman–Crippen MR) is 106 cm³/mol. The summed E-state index contributed by atoms with van der Waals surface area (Å²) in [6, 6.07) is 6.24. The van der Waals surface area contributed by atoms with Crippen LogP contribution in [-0.4, -0.2) is 46.8 Å². The predicted octanol–water partition coefficient (Wildman–Crippen LogP) is 2.83. The van der Waals surface area contributed by atoms with Crippen molar-refractivity contribution in [2.24, 2.45) is 11.1 Å². The van der Waals surface area contributed by atoms with Gasteiger partial charge in [-0.1, -0.05) is 57.1 Å². The minimum atomic E-state index is -1.46. The molecule has 1 aliphatic heterocycles. The Morgan fingerprint density at radius 3 is 2.45 bits per heavy atom. The molecular weight excluding hydrogens is 379 g/mol. The lowest BCUT2D eigenvalue weighted by molar-refractivity contribution is -0.152. The van der Waals surface area contributed by atoms with Crippen molar-refractivity contribution in [2.75, 3.05) is 6.67 Å². The Kier molecular flexibility index (Phi) is 7.11. The average Bonchev–Trinajstić information content (AvgIpc) is 3.13. The van der Waals surface area contributed by atoms with Gasteiger partial charge in [-0.15, -0.1) is 0 Å². The topological polar surface area (TPSA) is 105 Å². The summed E-state index contributed by atoms with van der Waals surface area (Å²) in [5, 5.41) is 15.5. The highest BCUT2D eigenvalue weighted by molar-refractivity contribution is 6.07. The number of carbonyl (C=O) groups is 3. The van der Waals surface area contributed by atoms with Gasteiger partial charge < -0.3 is 15.3 Å². The number of rotatable bonds is 9. The number of aliphatic carboxylic acids is 1. The van der Waals surface area contributed by atoms with Crippen LogP contribution in [0.1, 0.15) is 57.6 Å². The van der Waals surface area contributed by atoms with Crippen molar-refractivity contribution in [3.8, 4) is 0 Å². The van der Waals surface area contributed by atoms with E-state index >= 15 is 0 Å². The monoisotopic (exact) mass is 406 g/mol. The van der Waals surface area contributed by atoms with Gasteiger partial charge in [-0.05, 0) is 11.5 Å². The molecule has 0 aliphatic carbocycles. The van der Waals surface area contributed by atoms with Crippen LogP contribution in [0.2, 0.25) is 0 Å². The van der Waals surface area contributed by atoms with Crippen molar-refractivity contribution in [1.82, 2.24) is 5.32 Å². The number of amides is 1. The molecule has 0 fully saturated rings. The van der Waals surface area contributed by atoms with Crippen molar-refractivity contribution >= 4 is 23.4 Å². The first-order chi connectivity index (χ1) is 13.6. The first-order valence-electron chi connectivity index (χ1n) is 9.58. The zero-order valence-corrected chi connectivity index (χ0v) is 17.1. The molecule has 2 rings (SSSR count). The summed E-state index contributed by atoms with van der Waals surface area (Å²) in [6.07, 6.45) is -0.545. The van der Waals surface area contributed by atoms with Gasteiger partial charge in [0, 0.05) is 17.9 Å². The number of carbonyl (C=O) groups excluding carboxylic acids is 2. The second kappa shape index (κ2) is 9.15. The fourth-order valence-corrected chi connectivity index (χ4v) is 3.34. The Hall–Kier alpha value is -2.77. The van der Waals surface area contributed by atoms with Gasteiger partial charge in [0.25, 0.3) is 5.91 Å². The van der Waals surface area contributed by atoms with Crippen LogP contribution in [0.3, 0.4) is 0 Å². The van der Waals surface area contributed by atoms with Crippen LogP contribution in [0.4, 0.5) is 4.39 Å². The van der Waals surface area contributed by atoms with E-state index in [0.29, 0.717) is 5.71 Å². The number of hydrogen-bond acceptors (Lipinski definition) is 5. The smallest absolute Gasteiger partial charge is 0.305 e. The number of nitrogens with zero attached hydrogens (tertiary/aromatic N) is 1. The second-order valence-corrected chi connectivity index (χ2v) is 7.82. The molecule has 1 aromatic rings. The van der Waals surface area contributed by atoms with E-state index in [1.165, 1.54) is 0 Å². The zero-order chi connectivity index (χ0) is 21.8. The molecule has 0 saturated carbocycles. The molecule has 1 unspecified atom stereocenters. The standard InChI is InChI=1S/C21H27FN2O5/c1-12(2)14-7-5-6-8-15(14)17-10-21(13(3)4,29-24-17)20(28)23-16(9-19(26)27)18(25)11-22/h5-8,12-13,16H,9-11H2,1-4H3,(H,23,28)(H,26,27)/t16?,21-/m0/s1. The maximum Gasteiger partial charge on any atom is 0.305 e. The van der Waals surface area contributed by atoms with Crippen LogP contribution >= 0.6 is 0 Å². The summed E-state index contributed by atoms with van der Waals surface area (Å²) in [7, 11) is 0. The van der Waals surface area contributed by atoms with Crippen LogP contribution in [0.25, 0.3) is 0 Å². The Balaban J connectivity index is 2.29. The molecule has 29 heavy (non-hydrogen) atoms. The number of carboxylic acids is 1. The van der Waals surface area contributed by atoms with E-state index in [1.807, 2.05) is 24.3 Å². The quantitative estimate of drug-likeness (QED) is 0.656. The fraction of sp³-hybridized carbons (Fsp3) is 0.524. The third-order valence-corrected chi connectivity index (χ3v) is 5.16. The van der Waals surface area contributed by atoms with E-state index in [0.717, 1.165) is 11.1 Å². The lowest BCUT2D eigenvalue weighted by Gasteiger charge is -2.30. The van der Waals surface area contributed by atoms with Crippen LogP contribution in [0.15, 0.2) is 29.4 Å². The Labute approximate surface area is 169 Å². The highest BCUT2D eigenvalue weighted by Crippen LogP contribution is 2.35. The lowest BCUT2D eigenvalue weighted by atomic mass is 9.82. The fourth-order valence-electron chi connectivity index (χ4n) is 3.34. The molecule has 1 aromatic carbocycles. The molecule has 158 valence electrons. The number of benzene rings is 1. The van der Waals surface area contributed by atoms with E-state index in [2.05, 4.69) is 24.3 Å². The third kappa shape index (κ3) is 4.81. The van der Waals surface area contributed by atoms with Crippen molar-refractivity contribution in [1.29, 1.82) is 0 Å². The van der Waals surface area contributed by atoms with Gasteiger partial charge in [0.2, 0.25) is 5.60 Å². The SMILES string of the molecule is CC(C)c1ccccc1C1=NO[C@](C(=O)NC(CC(=O)O)C(=O)CF)(C(C)C)C1. The Bertz CT molecular complexity index is 821. The van der Waals surface area contributed by atoms with Gasteiger partial charge in [-0.3, -0.25) is 14.4 Å². The molecule has 2 atom stereocenters. The molecule has 0 aromatic heterocycles. The lowest BCUT2D eigenvalue weighted by Crippen LogP contribution is -2.55. The number of ketones is 1. The first kappa shape index (κ1) is 22.5. The molecule has 1 aliphatic rings. The van der Waals surface area contributed by atoms with E-state index in [-0.39, 0.29) is 18.3 Å². The summed E-state index contributed by atoms with van der Waals surface area (Å²) >= 11 is 0. The van der Waals surface area contributed by atoms with Gasteiger partial charge in [0.1, 0.15) is 12.7 Å². The molecule has 7 nitrogen and oxygen atoms in total. The number of halogens is 1. The van der Waals surface area contributed by atoms with Crippen molar-refractivity contribution < 1.29 is 28.7 Å². The summed E-state index contributed by atoms with van der Waals surface area (Å²) in [4.78, 5) is 41.4. The summed E-state index contributed by atoms with van der Waals surface area (Å²) in [5.74, 6) is -3.09. The molecule has 0 radical (unpaired) electrons. The number of oxime groups is 1. The molecule has 1 amide bonds. The van der Waals surface area contributed by atoms with E-state index in [9.17, 15) is 18.8 Å². The normalized spacial score (nSPS) is 19.6. The number of Topliss-reactive ketones (excluding diaryl/α,β-unsaturated/α-hetero) is 1. The van der Waals surface area contributed by atoms with Crippen LogP contribution in [0.5, 0.6) is 0 Å². The maximum absolute atomic E-state index is 13.0. The highest BCUT2D eigenvalue weighted by Gasteiger charge is 2.50. The molecule has 0 spiro atoms. The Morgan fingerprint density at radius 2 is 1.90 bits per heavy atom. The zero-order valence-electron chi connectivity index (χ0n) is 17.1. The van der Waals surface area contributed by atoms with Gasteiger partial charge in [-0.25, -0.2) is 4.39 Å². The number of nitrogens with one attached hydrogen (secondary N) is 1. The molecule has 1 heterocycles. The minimum absolute atomic E-state index is 0.157. The highest BCUT2D eigenvalue weighted by atomic mass is 19.1. The first-order valence-corrected chi connectivity index (χ1v) is 9.58. The molecule has 0 bridgehead atoms. The number of hydrogen-bond donors (Lipinski definition) is 2. The van der Waals surface area contributed by atoms with Crippen molar-refractivity contribution in [3.63, 3.8) is 0 Å². The maximum atomic E-state index is 13.0. The number of alkyl halides is 1. The molecule has 2 N–H and O–H groups in total. The van der Waals surface area contributed by atoms with E-state index in [1.54, 1.807) is 13.8 Å². The summed E-state index contributed by atoms with van der Waals surface area (Å²) < 4.78 is 12.8. The van der Waals surface area contributed by atoms with Crippen LogP contribution in [-0.2, 0) is 19.2 Å². The second-order valence-electron chi connectivity index (χ2n) is 7.82. The van der Waals surface area contributed by atoms with Gasteiger partial charge in [-0.2, -0.15) is 0 Å². The molecule has 8 heteroatoms. The van der Waals surface area contributed by atoms with E-state index < -0.39 is 42.4 Å². The molecular formula is C21H27FN2O5. The van der Waals surface area contributed by atoms with Crippen LogP contribution < -0.4 is 5.32 Å². The van der Waals surface area contributed by atoms with Crippen molar-refractivity contribution in [3.05, 3.63) is 35.4 Å². The van der Waals surface area contributed by atoms with Gasteiger partial charge >= 0.3 is 5.97 Å².